The number of anilines is 1. The maximum atomic E-state index is 13.5. The molecule has 6 nitrogen and oxygen atoms in total. The zero-order valence-electron chi connectivity index (χ0n) is 19.7. The second kappa shape index (κ2) is 9.54. The number of ether oxygens (including phenoxy) is 1. The van der Waals surface area contributed by atoms with Crippen LogP contribution in [0.25, 0.3) is 16.0 Å². The monoisotopic (exact) mass is 502 g/mol. The normalized spacial score (nSPS) is 17.2. The van der Waals surface area contributed by atoms with Crippen LogP contribution in [0.5, 0.6) is 5.75 Å². The van der Waals surface area contributed by atoms with Gasteiger partial charge in [-0.3, -0.25) is 14.5 Å². The number of amides is 1. The van der Waals surface area contributed by atoms with E-state index in [-0.39, 0.29) is 16.9 Å². The van der Waals surface area contributed by atoms with Crippen LogP contribution in [0, 0.1) is 5.82 Å². The predicted molar refractivity (Wildman–Crippen MR) is 138 cm³/mol. The quantitative estimate of drug-likeness (QED) is 0.198. The molecule has 8 heteroatoms. The van der Waals surface area contributed by atoms with Crippen molar-refractivity contribution < 1.29 is 23.8 Å². The smallest absolute Gasteiger partial charge is 0.301 e. The molecule has 1 atom stereocenters. The number of ketones is 1. The van der Waals surface area contributed by atoms with Crippen molar-refractivity contribution in [3.8, 4) is 5.75 Å². The molecular weight excluding hydrogens is 479 g/mol. The van der Waals surface area contributed by atoms with Gasteiger partial charge in [0.05, 0.1) is 28.4 Å². The zero-order chi connectivity index (χ0) is 25.4. The third-order valence-corrected chi connectivity index (χ3v) is 7.14. The number of Topliss-reactive ketones (excluding diaryl/α,β-unsaturated/α-hetero) is 1. The minimum atomic E-state index is -0.920. The highest BCUT2D eigenvalue weighted by Crippen LogP contribution is 2.44. The van der Waals surface area contributed by atoms with E-state index in [4.69, 9.17) is 4.74 Å². The number of carbonyl (C=O) groups excluding carboxylic acids is 2. The van der Waals surface area contributed by atoms with Gasteiger partial charge in [0.25, 0.3) is 5.78 Å². The lowest BCUT2D eigenvalue weighted by Gasteiger charge is -2.23. The van der Waals surface area contributed by atoms with Crippen molar-refractivity contribution in [2.24, 2.45) is 0 Å². The fourth-order valence-corrected chi connectivity index (χ4v) is 5.36. The fourth-order valence-electron chi connectivity index (χ4n) is 4.30. The molecule has 0 bridgehead atoms. The SMILES string of the molecule is CCOc1ccc([C@H]2C(=C(O)c3ccc(F)cc3)C(=O)C(=O)N2c2nc3ccc(CC)cc3s2)cc1. The summed E-state index contributed by atoms with van der Waals surface area (Å²) in [5.41, 5.74) is 2.62. The summed E-state index contributed by atoms with van der Waals surface area (Å²) in [6, 6.07) is 17.1. The van der Waals surface area contributed by atoms with Crippen LogP contribution >= 0.6 is 11.3 Å². The molecule has 2 heterocycles. The molecule has 1 N–H and O–H groups in total. The number of carbonyl (C=O) groups is 2. The highest BCUT2D eigenvalue weighted by atomic mass is 32.1. The summed E-state index contributed by atoms with van der Waals surface area (Å²) in [6.07, 6.45) is 0.859. The Morgan fingerprint density at radius 3 is 2.44 bits per heavy atom. The molecule has 4 aromatic rings. The standard InChI is InChI=1S/C28H23FN2O4S/c1-3-16-5-14-21-22(15-16)36-28(30-21)31-24(17-8-12-20(13-9-17)35-4-2)23(26(33)27(31)34)25(32)18-6-10-19(29)11-7-18/h5-15,24,32H,3-4H2,1-2H3/t24-/m0/s1. The van der Waals surface area contributed by atoms with Gasteiger partial charge in [-0.05, 0) is 73.0 Å². The Balaban J connectivity index is 1.69. The maximum absolute atomic E-state index is 13.5. The number of nitrogens with zero attached hydrogens (tertiary/aromatic N) is 2. The van der Waals surface area contributed by atoms with Crippen LogP contribution < -0.4 is 9.64 Å². The molecular formula is C28H23FN2O4S. The average molecular weight is 503 g/mol. The second-order valence-electron chi connectivity index (χ2n) is 8.33. The van der Waals surface area contributed by atoms with Gasteiger partial charge in [0.2, 0.25) is 0 Å². The Morgan fingerprint density at radius 2 is 1.78 bits per heavy atom. The first-order valence-electron chi connectivity index (χ1n) is 11.6. The molecule has 0 aliphatic carbocycles. The number of hydrogen-bond donors (Lipinski definition) is 1. The molecule has 1 aliphatic heterocycles. The molecule has 0 spiro atoms. The first-order valence-corrected chi connectivity index (χ1v) is 12.4. The lowest BCUT2D eigenvalue weighted by atomic mass is 9.95. The van der Waals surface area contributed by atoms with E-state index in [0.29, 0.717) is 23.1 Å². The second-order valence-corrected chi connectivity index (χ2v) is 9.34. The average Bonchev–Trinajstić information content (AvgIpc) is 3.42. The minimum Gasteiger partial charge on any atom is -0.507 e. The summed E-state index contributed by atoms with van der Waals surface area (Å²) in [5, 5.41) is 11.5. The molecule has 182 valence electrons. The van der Waals surface area contributed by atoms with Crippen LogP contribution in [0.2, 0.25) is 0 Å². The van der Waals surface area contributed by atoms with Gasteiger partial charge in [0.1, 0.15) is 17.3 Å². The number of aromatic nitrogens is 1. The van der Waals surface area contributed by atoms with Crippen molar-refractivity contribution >= 4 is 44.1 Å². The van der Waals surface area contributed by atoms with E-state index in [1.54, 1.807) is 24.3 Å². The van der Waals surface area contributed by atoms with Crippen molar-refractivity contribution in [1.29, 1.82) is 0 Å². The van der Waals surface area contributed by atoms with E-state index in [0.717, 1.165) is 22.2 Å². The highest BCUT2D eigenvalue weighted by molar-refractivity contribution is 7.22. The Hall–Kier alpha value is -4.04. The van der Waals surface area contributed by atoms with Crippen LogP contribution in [0.3, 0.4) is 0 Å². The third kappa shape index (κ3) is 4.13. The van der Waals surface area contributed by atoms with E-state index in [9.17, 15) is 19.1 Å². The molecule has 3 aromatic carbocycles. The first kappa shape index (κ1) is 23.7. The number of thiazole rings is 1. The summed E-state index contributed by atoms with van der Waals surface area (Å²) in [7, 11) is 0. The van der Waals surface area contributed by atoms with Crippen molar-refractivity contribution in [1.82, 2.24) is 4.98 Å². The highest BCUT2D eigenvalue weighted by Gasteiger charge is 2.48. The van der Waals surface area contributed by atoms with Gasteiger partial charge < -0.3 is 9.84 Å². The maximum Gasteiger partial charge on any atom is 0.301 e. The van der Waals surface area contributed by atoms with E-state index in [1.807, 2.05) is 25.1 Å². The number of aliphatic hydroxyl groups excluding tert-OH is 1. The number of aliphatic hydroxyl groups is 1. The Bertz CT molecular complexity index is 1490. The molecule has 0 saturated carbocycles. The fraction of sp³-hybridized carbons (Fsp3) is 0.179. The molecule has 1 fully saturated rings. The number of hydrogen-bond acceptors (Lipinski definition) is 6. The minimum absolute atomic E-state index is 0.0794. The van der Waals surface area contributed by atoms with Crippen LogP contribution in [0.1, 0.15) is 36.6 Å². The first-order chi connectivity index (χ1) is 17.4. The Morgan fingerprint density at radius 1 is 1.06 bits per heavy atom. The van der Waals surface area contributed by atoms with Crippen LogP contribution in [0.15, 0.2) is 72.3 Å². The van der Waals surface area contributed by atoms with Gasteiger partial charge in [-0.25, -0.2) is 9.37 Å². The topological polar surface area (TPSA) is 79.7 Å². The molecule has 1 saturated heterocycles. The van der Waals surface area contributed by atoms with Gasteiger partial charge >= 0.3 is 5.91 Å². The van der Waals surface area contributed by atoms with E-state index in [2.05, 4.69) is 11.9 Å². The largest absolute Gasteiger partial charge is 0.507 e. The third-order valence-electron chi connectivity index (χ3n) is 6.12. The van der Waals surface area contributed by atoms with Gasteiger partial charge in [0, 0.05) is 5.56 Å². The summed E-state index contributed by atoms with van der Waals surface area (Å²) in [4.78, 5) is 32.7. The number of benzene rings is 3. The predicted octanol–water partition coefficient (Wildman–Crippen LogP) is 6.02. The van der Waals surface area contributed by atoms with E-state index >= 15 is 0 Å². The molecule has 1 aromatic heterocycles. The van der Waals surface area contributed by atoms with Crippen molar-refractivity contribution in [2.75, 3.05) is 11.5 Å². The van der Waals surface area contributed by atoms with Crippen molar-refractivity contribution in [3.63, 3.8) is 0 Å². The van der Waals surface area contributed by atoms with Crippen LogP contribution in [-0.4, -0.2) is 28.4 Å². The number of halogens is 1. The van der Waals surface area contributed by atoms with Crippen LogP contribution in [-0.2, 0) is 16.0 Å². The molecule has 0 radical (unpaired) electrons. The van der Waals surface area contributed by atoms with Gasteiger partial charge in [0.15, 0.2) is 5.13 Å². The molecule has 1 amide bonds. The summed E-state index contributed by atoms with van der Waals surface area (Å²) in [6.45, 7) is 4.43. The number of aryl methyl sites for hydroxylation is 1. The summed E-state index contributed by atoms with van der Waals surface area (Å²) < 4.78 is 19.9. The van der Waals surface area contributed by atoms with Gasteiger partial charge in [-0.1, -0.05) is 36.5 Å². The van der Waals surface area contributed by atoms with Crippen molar-refractivity contribution in [2.45, 2.75) is 26.3 Å². The molecule has 1 aliphatic rings. The molecule has 36 heavy (non-hydrogen) atoms. The van der Waals surface area contributed by atoms with E-state index in [1.165, 1.54) is 40.5 Å². The molecule has 0 unspecified atom stereocenters. The lowest BCUT2D eigenvalue weighted by Crippen LogP contribution is -2.29. The van der Waals surface area contributed by atoms with E-state index < -0.39 is 23.5 Å². The Kier molecular flexibility index (Phi) is 6.28. The van der Waals surface area contributed by atoms with Gasteiger partial charge in [-0.2, -0.15) is 0 Å². The Labute approximate surface area is 211 Å². The molecule has 5 rings (SSSR count). The number of rotatable bonds is 6. The zero-order valence-corrected chi connectivity index (χ0v) is 20.5. The van der Waals surface area contributed by atoms with Gasteiger partial charge in [-0.15, -0.1) is 0 Å². The van der Waals surface area contributed by atoms with Crippen molar-refractivity contribution in [3.05, 3.63) is 94.8 Å². The van der Waals surface area contributed by atoms with Crippen LogP contribution in [0.4, 0.5) is 9.52 Å². The number of fused-ring (bicyclic) bond motifs is 1. The summed E-state index contributed by atoms with van der Waals surface area (Å²) >= 11 is 1.31. The summed E-state index contributed by atoms with van der Waals surface area (Å²) in [5.74, 6) is -1.82. The lowest BCUT2D eigenvalue weighted by molar-refractivity contribution is -0.132.